The minimum atomic E-state index is -1.23. The zero-order chi connectivity index (χ0) is 24.8. The van der Waals surface area contributed by atoms with Crippen molar-refractivity contribution < 1.29 is 18.9 Å². The molecule has 1 aromatic heterocycles. The van der Waals surface area contributed by atoms with Crippen molar-refractivity contribution in [2.45, 2.75) is 23.8 Å². The highest BCUT2D eigenvalue weighted by atomic mass is 35.5. The molecule has 0 radical (unpaired) electrons. The summed E-state index contributed by atoms with van der Waals surface area (Å²) in [6.45, 7) is 1.66. The molecule has 8 nitrogen and oxygen atoms in total. The topological polar surface area (TPSA) is 115 Å². The molecule has 1 atom stereocenters. The van der Waals surface area contributed by atoms with Crippen molar-refractivity contribution in [1.82, 2.24) is 10.3 Å². The number of aromatic nitrogens is 1. The maximum absolute atomic E-state index is 13.3. The molecule has 182 valence electrons. The summed E-state index contributed by atoms with van der Waals surface area (Å²) in [6.07, 6.45) is 4.58. The molecule has 1 fully saturated rings. The van der Waals surface area contributed by atoms with Crippen molar-refractivity contribution in [3.05, 3.63) is 76.9 Å². The first-order valence-electron chi connectivity index (χ1n) is 11.1. The van der Waals surface area contributed by atoms with E-state index < -0.39 is 23.0 Å². The molecule has 1 saturated heterocycles. The summed E-state index contributed by atoms with van der Waals surface area (Å²) in [5.74, 6) is -0.165. The number of nitrogens with zero attached hydrogens (tertiary/aromatic N) is 1. The Morgan fingerprint density at radius 1 is 1.06 bits per heavy atom. The van der Waals surface area contributed by atoms with Gasteiger partial charge in [0.25, 0.3) is 11.8 Å². The third kappa shape index (κ3) is 6.52. The molecule has 2 aromatic carbocycles. The summed E-state index contributed by atoms with van der Waals surface area (Å²) in [4.78, 5) is 30.8. The van der Waals surface area contributed by atoms with Crippen LogP contribution in [0, 0.1) is 0 Å². The normalized spacial score (nSPS) is 14.7. The number of anilines is 2. The van der Waals surface area contributed by atoms with Gasteiger partial charge in [0.15, 0.2) is 4.90 Å². The van der Waals surface area contributed by atoms with E-state index in [1.54, 1.807) is 60.9 Å². The van der Waals surface area contributed by atoms with E-state index in [4.69, 9.17) is 16.3 Å². The van der Waals surface area contributed by atoms with E-state index in [9.17, 15) is 14.1 Å². The number of amides is 2. The molecule has 35 heavy (non-hydrogen) atoms. The van der Waals surface area contributed by atoms with Gasteiger partial charge in [0.05, 0.1) is 21.8 Å². The number of pyridine rings is 1. The molecule has 2 amide bonds. The van der Waals surface area contributed by atoms with E-state index >= 15 is 0 Å². The van der Waals surface area contributed by atoms with Gasteiger partial charge in [-0.15, -0.1) is 0 Å². The number of benzene rings is 2. The maximum atomic E-state index is 13.3. The lowest BCUT2D eigenvalue weighted by Gasteiger charge is -2.25. The van der Waals surface area contributed by atoms with Gasteiger partial charge in [0.1, 0.15) is 23.9 Å². The summed E-state index contributed by atoms with van der Waals surface area (Å²) >= 11 is 4.63. The first kappa shape index (κ1) is 25.0. The molecule has 3 aromatic rings. The largest absolute Gasteiger partial charge is 0.612 e. The smallest absolute Gasteiger partial charge is 0.259 e. The zero-order valence-electron chi connectivity index (χ0n) is 19.0. The van der Waals surface area contributed by atoms with Crippen LogP contribution in [0.4, 0.5) is 11.5 Å². The van der Waals surface area contributed by atoms with Crippen LogP contribution in [0.15, 0.2) is 65.7 Å². The van der Waals surface area contributed by atoms with E-state index in [2.05, 4.69) is 20.9 Å². The fraction of sp³-hybridized carbons (Fsp3) is 0.240. The minimum absolute atomic E-state index is 0.0479. The van der Waals surface area contributed by atoms with Gasteiger partial charge >= 0.3 is 0 Å². The fourth-order valence-electron chi connectivity index (χ4n) is 3.67. The van der Waals surface area contributed by atoms with Gasteiger partial charge in [-0.1, -0.05) is 23.7 Å². The number of para-hydroxylation sites is 1. The second kappa shape index (κ2) is 11.5. The lowest BCUT2D eigenvalue weighted by Crippen LogP contribution is -2.34. The monoisotopic (exact) mass is 512 g/mol. The van der Waals surface area contributed by atoms with Crippen LogP contribution in [0.2, 0.25) is 5.02 Å². The van der Waals surface area contributed by atoms with Crippen molar-refractivity contribution in [1.29, 1.82) is 0 Å². The molecule has 3 N–H and O–H groups in total. The van der Waals surface area contributed by atoms with Gasteiger partial charge in [-0.25, -0.2) is 4.98 Å². The highest BCUT2D eigenvalue weighted by molar-refractivity contribution is 7.90. The molecule has 0 spiro atoms. The number of carbonyl (C=O) groups is 2. The fourth-order valence-corrected chi connectivity index (χ4v) is 4.32. The van der Waals surface area contributed by atoms with Gasteiger partial charge in [0.2, 0.25) is 0 Å². The molecule has 0 bridgehead atoms. The molecule has 0 aliphatic carbocycles. The number of piperidine rings is 1. The van der Waals surface area contributed by atoms with Gasteiger partial charge in [-0.3, -0.25) is 9.59 Å². The van der Waals surface area contributed by atoms with Gasteiger partial charge in [-0.2, -0.15) is 0 Å². The number of halogens is 1. The van der Waals surface area contributed by atoms with E-state index in [0.29, 0.717) is 32.7 Å². The Morgan fingerprint density at radius 3 is 2.51 bits per heavy atom. The van der Waals surface area contributed by atoms with E-state index in [1.807, 2.05) is 0 Å². The second-order valence-corrected chi connectivity index (χ2v) is 9.81. The van der Waals surface area contributed by atoms with Crippen molar-refractivity contribution in [2.24, 2.45) is 0 Å². The third-order valence-electron chi connectivity index (χ3n) is 5.50. The van der Waals surface area contributed by atoms with Crippen LogP contribution in [0.1, 0.15) is 33.6 Å². The number of ether oxygens (including phenoxy) is 1. The summed E-state index contributed by atoms with van der Waals surface area (Å²) in [7, 11) is 0. The average molecular weight is 513 g/mol. The summed E-state index contributed by atoms with van der Waals surface area (Å²) < 4.78 is 18.2. The van der Waals surface area contributed by atoms with Crippen molar-refractivity contribution in [3.8, 4) is 5.75 Å². The quantitative estimate of drug-likeness (QED) is 0.410. The summed E-state index contributed by atoms with van der Waals surface area (Å²) in [5, 5.41) is 9.25. The lowest BCUT2D eigenvalue weighted by molar-refractivity contribution is 0.101. The lowest BCUT2D eigenvalue weighted by atomic mass is 10.1. The maximum Gasteiger partial charge on any atom is 0.259 e. The Kier molecular flexibility index (Phi) is 8.25. The van der Waals surface area contributed by atoms with Crippen LogP contribution in [0.5, 0.6) is 5.75 Å². The Morgan fingerprint density at radius 2 is 1.80 bits per heavy atom. The predicted octanol–water partition coefficient (Wildman–Crippen LogP) is 4.11. The van der Waals surface area contributed by atoms with Gasteiger partial charge in [-0.05, 0) is 73.5 Å². The Labute approximate surface area is 211 Å². The van der Waals surface area contributed by atoms with Crippen LogP contribution in [0.25, 0.3) is 0 Å². The predicted molar refractivity (Wildman–Crippen MR) is 137 cm³/mol. The molecule has 4 rings (SSSR count). The number of carbonyl (C=O) groups excluding carboxylic acids is 2. The Bertz CT molecular complexity index is 1200. The first-order chi connectivity index (χ1) is 16.9. The van der Waals surface area contributed by atoms with Crippen molar-refractivity contribution in [2.75, 3.05) is 30.0 Å². The molecule has 10 heteroatoms. The van der Waals surface area contributed by atoms with Crippen LogP contribution < -0.4 is 20.7 Å². The molecule has 1 aliphatic heterocycles. The second-order valence-electron chi connectivity index (χ2n) is 7.99. The first-order valence-corrected chi connectivity index (χ1v) is 13.0. The van der Waals surface area contributed by atoms with Crippen molar-refractivity contribution >= 4 is 46.1 Å². The van der Waals surface area contributed by atoms with E-state index in [-0.39, 0.29) is 11.7 Å². The van der Waals surface area contributed by atoms with Gasteiger partial charge < -0.3 is 25.2 Å². The molecule has 0 saturated carbocycles. The van der Waals surface area contributed by atoms with Gasteiger partial charge in [0, 0.05) is 12.3 Å². The average Bonchev–Trinajstić information content (AvgIpc) is 2.86. The van der Waals surface area contributed by atoms with Crippen LogP contribution in [0.3, 0.4) is 0 Å². The molecule has 0 unspecified atom stereocenters. The highest BCUT2D eigenvalue weighted by Crippen LogP contribution is 2.28. The van der Waals surface area contributed by atoms with Crippen molar-refractivity contribution in [3.63, 3.8) is 0 Å². The zero-order valence-corrected chi connectivity index (χ0v) is 20.6. The highest BCUT2D eigenvalue weighted by Gasteiger charge is 2.22. The summed E-state index contributed by atoms with van der Waals surface area (Å²) in [6, 6.07) is 14.8. The molecular weight excluding hydrogens is 488 g/mol. The summed E-state index contributed by atoms with van der Waals surface area (Å²) in [5.41, 5.74) is 0.900. The van der Waals surface area contributed by atoms with Crippen LogP contribution in [-0.2, 0) is 11.2 Å². The molecule has 1 aliphatic rings. The van der Waals surface area contributed by atoms with E-state index in [0.717, 1.165) is 25.9 Å². The van der Waals surface area contributed by atoms with E-state index in [1.165, 1.54) is 6.20 Å². The molecule has 2 heterocycles. The number of hydrogen-bond acceptors (Lipinski definition) is 6. The molecular formula is C25H25ClN4O4S. The SMILES string of the molecule is C[S@+]([O-])c1ccc(C(=O)Nc2ccccc2C(=O)Nc2ccc(Cl)cn2)c(OC2CCNCC2)c1. The number of nitrogens with one attached hydrogen (secondary N) is 3. The number of hydrogen-bond donors (Lipinski definition) is 3. The van der Waals surface area contributed by atoms with Crippen LogP contribution in [-0.4, -0.2) is 46.8 Å². The Hall–Kier alpha value is -3.11. The third-order valence-corrected chi connectivity index (χ3v) is 6.64. The number of rotatable bonds is 7. The Balaban J connectivity index is 1.56. The minimum Gasteiger partial charge on any atom is -0.612 e. The van der Waals surface area contributed by atoms with Crippen LogP contribution >= 0.6 is 11.6 Å². The standard InChI is InChI=1S/C25H25ClN4O4S/c1-35(33)18-7-8-20(22(14-18)34-17-10-12-27-13-11-17)25(32)29-21-5-3-2-4-19(21)24(31)30-23-9-6-16(26)15-28-23/h2-9,14-15,17,27H,10-13H2,1H3,(H,29,32)(H,28,30,31)/t35-/m0/s1.